The number of piperidine rings is 1. The van der Waals surface area contributed by atoms with Crippen LogP contribution in [0.1, 0.15) is 30.4 Å². The lowest BCUT2D eigenvalue weighted by atomic mass is 9.94. The number of carbonyl (C=O) groups is 1. The van der Waals surface area contributed by atoms with Crippen LogP contribution in [0.15, 0.2) is 52.3 Å². The summed E-state index contributed by atoms with van der Waals surface area (Å²) in [6.45, 7) is 1.05. The Kier molecular flexibility index (Phi) is 6.31. The first-order valence-corrected chi connectivity index (χ1v) is 14.1. The fraction of sp³-hybridized carbons (Fsp3) is 0.391. The zero-order chi connectivity index (χ0) is 23.8. The maximum absolute atomic E-state index is 13.3. The summed E-state index contributed by atoms with van der Waals surface area (Å²) in [5.74, 6) is -0.337. The molecule has 4 rings (SSSR count). The second-order valence-corrected chi connectivity index (χ2v) is 12.4. The van der Waals surface area contributed by atoms with E-state index in [1.165, 1.54) is 40.9 Å². The summed E-state index contributed by atoms with van der Waals surface area (Å²) < 4.78 is 51.0. The highest BCUT2D eigenvalue weighted by molar-refractivity contribution is 7.90. The predicted octanol–water partition coefficient (Wildman–Crippen LogP) is 2.34. The number of sulfone groups is 1. The summed E-state index contributed by atoms with van der Waals surface area (Å²) in [5, 5.41) is 8.91. The molecule has 0 spiro atoms. The maximum atomic E-state index is 13.3. The molecule has 33 heavy (non-hydrogen) atoms. The first kappa shape index (κ1) is 23.4. The van der Waals surface area contributed by atoms with Gasteiger partial charge in [0.1, 0.15) is 0 Å². The lowest BCUT2D eigenvalue weighted by Crippen LogP contribution is -2.45. The molecule has 0 bridgehead atoms. The van der Waals surface area contributed by atoms with Crippen molar-refractivity contribution in [2.45, 2.75) is 35.5 Å². The number of anilines is 1. The van der Waals surface area contributed by atoms with Gasteiger partial charge in [-0.25, -0.2) is 16.8 Å². The zero-order valence-corrected chi connectivity index (χ0v) is 19.9. The summed E-state index contributed by atoms with van der Waals surface area (Å²) in [5.41, 5.74) is 1.98. The fourth-order valence-electron chi connectivity index (χ4n) is 4.45. The number of sulfonamides is 1. The van der Waals surface area contributed by atoms with E-state index in [9.17, 15) is 21.6 Å². The molecule has 0 saturated carbocycles. The molecule has 2 aromatic carbocycles. The Balaban J connectivity index is 1.46. The van der Waals surface area contributed by atoms with E-state index >= 15 is 0 Å². The van der Waals surface area contributed by atoms with E-state index in [0.29, 0.717) is 31.4 Å². The van der Waals surface area contributed by atoms with E-state index in [1.54, 1.807) is 17.0 Å². The van der Waals surface area contributed by atoms with Crippen LogP contribution in [-0.2, 0) is 31.1 Å². The van der Waals surface area contributed by atoms with Crippen molar-refractivity contribution in [1.82, 2.24) is 4.31 Å². The van der Waals surface area contributed by atoms with Crippen LogP contribution < -0.4 is 4.90 Å². The SMILES string of the molecule is CS(=O)(=O)c1ccc2c(c1)CCCN2C(=O)C1CCN(S(=O)(=O)c2ccc(C#N)cc2)CC1. The number of nitriles is 1. The Morgan fingerprint density at radius 1 is 0.970 bits per heavy atom. The standard InChI is InChI=1S/C23H25N3O5S2/c1-32(28,29)21-8-9-22-19(15-21)3-2-12-26(22)23(27)18-10-13-25(14-11-18)33(30,31)20-6-4-17(16-24)5-7-20/h4-9,15,18H,2-3,10-14H2,1H3. The van der Waals surface area contributed by atoms with Crippen molar-refractivity contribution in [2.24, 2.45) is 5.92 Å². The minimum absolute atomic E-state index is 0.0431. The third-order valence-electron chi connectivity index (χ3n) is 6.29. The normalized spacial score (nSPS) is 17.9. The van der Waals surface area contributed by atoms with E-state index in [0.717, 1.165) is 17.7 Å². The third kappa shape index (κ3) is 4.67. The van der Waals surface area contributed by atoms with Crippen molar-refractivity contribution in [3.05, 3.63) is 53.6 Å². The fourth-order valence-corrected chi connectivity index (χ4v) is 6.59. The summed E-state index contributed by atoms with van der Waals surface area (Å²) in [6.07, 6.45) is 3.46. The molecule has 0 aromatic heterocycles. The molecule has 10 heteroatoms. The van der Waals surface area contributed by atoms with E-state index < -0.39 is 19.9 Å². The Morgan fingerprint density at radius 3 is 2.21 bits per heavy atom. The Hall–Kier alpha value is -2.74. The van der Waals surface area contributed by atoms with Gasteiger partial charge in [0.15, 0.2) is 9.84 Å². The zero-order valence-electron chi connectivity index (χ0n) is 18.3. The first-order valence-electron chi connectivity index (χ1n) is 10.8. The lowest BCUT2D eigenvalue weighted by Gasteiger charge is -2.36. The van der Waals surface area contributed by atoms with Gasteiger partial charge in [-0.3, -0.25) is 4.79 Å². The molecule has 0 atom stereocenters. The second-order valence-electron chi connectivity index (χ2n) is 8.47. The van der Waals surface area contributed by atoms with Crippen molar-refractivity contribution >= 4 is 31.5 Å². The van der Waals surface area contributed by atoms with Gasteiger partial charge in [-0.2, -0.15) is 9.57 Å². The van der Waals surface area contributed by atoms with Gasteiger partial charge >= 0.3 is 0 Å². The predicted molar refractivity (Wildman–Crippen MR) is 123 cm³/mol. The highest BCUT2D eigenvalue weighted by Gasteiger charge is 2.35. The topological polar surface area (TPSA) is 116 Å². The highest BCUT2D eigenvalue weighted by Crippen LogP contribution is 2.33. The number of amides is 1. The molecule has 8 nitrogen and oxygen atoms in total. The number of rotatable bonds is 4. The molecular formula is C23H25N3O5S2. The average Bonchev–Trinajstić information content (AvgIpc) is 2.82. The van der Waals surface area contributed by atoms with Gasteiger partial charge in [0.25, 0.3) is 0 Å². The van der Waals surface area contributed by atoms with Crippen LogP contribution >= 0.6 is 0 Å². The van der Waals surface area contributed by atoms with E-state index in [-0.39, 0.29) is 34.7 Å². The van der Waals surface area contributed by atoms with Crippen LogP contribution in [0.3, 0.4) is 0 Å². The second kappa shape index (κ2) is 8.89. The number of fused-ring (bicyclic) bond motifs is 1. The van der Waals surface area contributed by atoms with Crippen LogP contribution in [0.25, 0.3) is 0 Å². The van der Waals surface area contributed by atoms with E-state index in [1.807, 2.05) is 6.07 Å². The Bertz CT molecular complexity index is 1320. The largest absolute Gasteiger partial charge is 0.312 e. The van der Waals surface area contributed by atoms with Crippen LogP contribution in [0.4, 0.5) is 5.69 Å². The molecule has 0 aliphatic carbocycles. The molecule has 1 amide bonds. The third-order valence-corrected chi connectivity index (χ3v) is 9.31. The van der Waals surface area contributed by atoms with Crippen molar-refractivity contribution in [2.75, 3.05) is 30.8 Å². The Morgan fingerprint density at radius 2 is 1.61 bits per heavy atom. The molecule has 1 fully saturated rings. The minimum atomic E-state index is -3.69. The summed E-state index contributed by atoms with van der Waals surface area (Å²) in [7, 11) is -7.01. The quantitative estimate of drug-likeness (QED) is 0.654. The molecular weight excluding hydrogens is 462 g/mol. The number of carbonyl (C=O) groups excluding carboxylic acids is 1. The molecule has 2 aliphatic heterocycles. The van der Waals surface area contributed by atoms with Crippen LogP contribution in [0, 0.1) is 17.2 Å². The smallest absolute Gasteiger partial charge is 0.243 e. The number of hydrogen-bond acceptors (Lipinski definition) is 6. The van der Waals surface area contributed by atoms with Crippen LogP contribution in [0.2, 0.25) is 0 Å². The molecule has 0 radical (unpaired) electrons. The summed E-state index contributed by atoms with van der Waals surface area (Å²) in [4.78, 5) is 15.4. The van der Waals surface area contributed by atoms with Gasteiger partial charge in [0, 0.05) is 37.5 Å². The van der Waals surface area contributed by atoms with Gasteiger partial charge in [0.05, 0.1) is 21.4 Å². The van der Waals surface area contributed by atoms with Gasteiger partial charge in [-0.1, -0.05) is 0 Å². The molecule has 2 aliphatic rings. The van der Waals surface area contributed by atoms with E-state index in [4.69, 9.17) is 5.26 Å². The molecule has 174 valence electrons. The summed E-state index contributed by atoms with van der Waals surface area (Å²) >= 11 is 0. The Labute approximate surface area is 194 Å². The van der Waals surface area contributed by atoms with Crippen molar-refractivity contribution in [1.29, 1.82) is 5.26 Å². The van der Waals surface area contributed by atoms with Crippen LogP contribution in [0.5, 0.6) is 0 Å². The molecule has 1 saturated heterocycles. The van der Waals surface area contributed by atoms with Gasteiger partial charge in [-0.05, 0) is 73.7 Å². The van der Waals surface area contributed by atoms with Gasteiger partial charge in [0.2, 0.25) is 15.9 Å². The molecule has 2 aromatic rings. The summed E-state index contributed by atoms with van der Waals surface area (Å²) in [6, 6.07) is 12.7. The van der Waals surface area contributed by atoms with Gasteiger partial charge in [-0.15, -0.1) is 0 Å². The number of nitrogens with zero attached hydrogens (tertiary/aromatic N) is 3. The highest BCUT2D eigenvalue weighted by atomic mass is 32.2. The molecule has 0 N–H and O–H groups in total. The van der Waals surface area contributed by atoms with E-state index in [2.05, 4.69) is 0 Å². The van der Waals surface area contributed by atoms with Crippen molar-refractivity contribution < 1.29 is 21.6 Å². The monoisotopic (exact) mass is 487 g/mol. The first-order chi connectivity index (χ1) is 15.6. The molecule has 0 unspecified atom stereocenters. The number of hydrogen-bond donors (Lipinski definition) is 0. The number of benzene rings is 2. The average molecular weight is 488 g/mol. The van der Waals surface area contributed by atoms with Crippen molar-refractivity contribution in [3.63, 3.8) is 0 Å². The van der Waals surface area contributed by atoms with Gasteiger partial charge < -0.3 is 4.90 Å². The maximum Gasteiger partial charge on any atom is 0.243 e. The number of aryl methyl sites for hydroxylation is 1. The van der Waals surface area contributed by atoms with Crippen molar-refractivity contribution in [3.8, 4) is 6.07 Å². The van der Waals surface area contributed by atoms with Crippen LogP contribution in [-0.4, -0.2) is 52.9 Å². The molecule has 2 heterocycles. The lowest BCUT2D eigenvalue weighted by molar-refractivity contribution is -0.123. The minimum Gasteiger partial charge on any atom is -0.312 e.